The Kier molecular flexibility index (Phi) is 6.98. The van der Waals surface area contributed by atoms with E-state index < -0.39 is 0 Å². The van der Waals surface area contributed by atoms with Crippen molar-refractivity contribution in [1.29, 1.82) is 0 Å². The minimum Gasteiger partial charge on any atom is -0.350 e. The number of carbonyl (C=O) groups is 3. The van der Waals surface area contributed by atoms with E-state index in [0.29, 0.717) is 24.2 Å². The maximum atomic E-state index is 12.2. The molecule has 1 atom stereocenters. The van der Waals surface area contributed by atoms with Gasteiger partial charge in [-0.15, -0.1) is 0 Å². The first-order valence-electron chi connectivity index (χ1n) is 8.98. The van der Waals surface area contributed by atoms with Gasteiger partial charge in [0, 0.05) is 30.3 Å². The van der Waals surface area contributed by atoms with Crippen LogP contribution in [0.15, 0.2) is 24.3 Å². The molecule has 1 fully saturated rings. The van der Waals surface area contributed by atoms with Crippen LogP contribution < -0.4 is 10.6 Å². The highest BCUT2D eigenvalue weighted by molar-refractivity contribution is 5.97. The summed E-state index contributed by atoms with van der Waals surface area (Å²) in [6.45, 7) is 4.69. The summed E-state index contributed by atoms with van der Waals surface area (Å²) >= 11 is 0. The molecule has 1 aromatic rings. The minimum atomic E-state index is -0.216. The highest BCUT2D eigenvalue weighted by atomic mass is 16.2. The van der Waals surface area contributed by atoms with Crippen molar-refractivity contribution >= 4 is 23.4 Å². The maximum Gasteiger partial charge on any atom is 0.251 e. The number of rotatable bonds is 6. The molecule has 1 heterocycles. The molecule has 2 rings (SSSR count). The van der Waals surface area contributed by atoms with Gasteiger partial charge in [0.15, 0.2) is 0 Å². The fourth-order valence-corrected chi connectivity index (χ4v) is 2.69. The fourth-order valence-electron chi connectivity index (χ4n) is 2.69. The first-order valence-corrected chi connectivity index (χ1v) is 8.98. The summed E-state index contributed by atoms with van der Waals surface area (Å²) < 4.78 is 0. The molecule has 1 saturated heterocycles. The molecule has 0 bridgehead atoms. The topological polar surface area (TPSA) is 78.5 Å². The van der Waals surface area contributed by atoms with E-state index in [1.54, 1.807) is 29.2 Å². The quantitative estimate of drug-likeness (QED) is 0.832. The van der Waals surface area contributed by atoms with Crippen molar-refractivity contribution in [2.45, 2.75) is 52.0 Å². The van der Waals surface area contributed by atoms with Gasteiger partial charge in [-0.2, -0.15) is 0 Å². The molecule has 3 amide bonds. The van der Waals surface area contributed by atoms with Crippen LogP contribution in [-0.4, -0.2) is 41.8 Å². The van der Waals surface area contributed by atoms with Gasteiger partial charge in [-0.25, -0.2) is 0 Å². The van der Waals surface area contributed by atoms with Crippen LogP contribution >= 0.6 is 0 Å². The second-order valence-electron chi connectivity index (χ2n) is 6.53. The zero-order valence-electron chi connectivity index (χ0n) is 15.0. The number of carbonyl (C=O) groups excluding carboxylic acids is 3. The lowest BCUT2D eigenvalue weighted by Crippen LogP contribution is -2.37. The second kappa shape index (κ2) is 9.20. The monoisotopic (exact) mass is 345 g/mol. The van der Waals surface area contributed by atoms with Crippen LogP contribution in [0.1, 0.15) is 56.3 Å². The summed E-state index contributed by atoms with van der Waals surface area (Å²) in [5.74, 6) is -0.292. The zero-order valence-corrected chi connectivity index (χ0v) is 15.0. The molecule has 2 N–H and O–H groups in total. The van der Waals surface area contributed by atoms with Crippen LogP contribution in [0.3, 0.4) is 0 Å². The summed E-state index contributed by atoms with van der Waals surface area (Å²) in [6, 6.07) is 6.90. The molecular weight excluding hydrogens is 318 g/mol. The van der Waals surface area contributed by atoms with Crippen molar-refractivity contribution in [3.8, 4) is 0 Å². The predicted molar refractivity (Wildman–Crippen MR) is 97.3 cm³/mol. The maximum absolute atomic E-state index is 12.2. The molecular formula is C19H27N3O3. The van der Waals surface area contributed by atoms with Gasteiger partial charge in [0.05, 0.1) is 6.54 Å². The lowest BCUT2D eigenvalue weighted by atomic mass is 10.1. The molecule has 0 saturated carbocycles. The van der Waals surface area contributed by atoms with Crippen molar-refractivity contribution < 1.29 is 14.4 Å². The molecule has 25 heavy (non-hydrogen) atoms. The van der Waals surface area contributed by atoms with Gasteiger partial charge in [-0.1, -0.05) is 13.3 Å². The van der Waals surface area contributed by atoms with E-state index >= 15 is 0 Å². The number of benzene rings is 1. The molecule has 1 aliphatic rings. The van der Waals surface area contributed by atoms with Gasteiger partial charge >= 0.3 is 0 Å². The normalized spacial score (nSPS) is 16.1. The average molecular weight is 345 g/mol. The fraction of sp³-hybridized carbons (Fsp3) is 0.526. The summed E-state index contributed by atoms with van der Waals surface area (Å²) in [5, 5.41) is 5.68. The van der Waals surface area contributed by atoms with Gasteiger partial charge in [0.1, 0.15) is 0 Å². The standard InChI is InChI=1S/C19H27N3O3/c1-3-14(2)20-19(25)15-8-10-16(11-9-15)21-17(23)13-22-12-6-4-5-7-18(22)24/h8-11,14H,3-7,12-13H2,1-2H3,(H,20,25)(H,21,23). The third-order valence-electron chi connectivity index (χ3n) is 4.43. The van der Waals surface area contributed by atoms with Crippen LogP contribution in [0.5, 0.6) is 0 Å². The van der Waals surface area contributed by atoms with Crippen LogP contribution in [0.25, 0.3) is 0 Å². The second-order valence-corrected chi connectivity index (χ2v) is 6.53. The highest BCUT2D eigenvalue weighted by Crippen LogP contribution is 2.13. The van der Waals surface area contributed by atoms with E-state index in [-0.39, 0.29) is 30.3 Å². The van der Waals surface area contributed by atoms with Crippen molar-refractivity contribution in [3.05, 3.63) is 29.8 Å². The van der Waals surface area contributed by atoms with E-state index in [1.807, 2.05) is 13.8 Å². The number of hydrogen-bond donors (Lipinski definition) is 2. The first kappa shape index (κ1) is 19.0. The van der Waals surface area contributed by atoms with Crippen LogP contribution in [0.4, 0.5) is 5.69 Å². The number of anilines is 1. The van der Waals surface area contributed by atoms with E-state index in [0.717, 1.165) is 25.7 Å². The molecule has 0 aliphatic carbocycles. The Morgan fingerprint density at radius 3 is 2.56 bits per heavy atom. The summed E-state index contributed by atoms with van der Waals surface area (Å²) in [6.07, 6.45) is 4.27. The van der Waals surface area contributed by atoms with Gasteiger partial charge < -0.3 is 15.5 Å². The first-order chi connectivity index (χ1) is 12.0. The van der Waals surface area contributed by atoms with Crippen molar-refractivity contribution in [2.24, 2.45) is 0 Å². The largest absolute Gasteiger partial charge is 0.350 e. The van der Waals surface area contributed by atoms with Crippen LogP contribution in [0, 0.1) is 0 Å². The Bertz CT molecular complexity index is 613. The highest BCUT2D eigenvalue weighted by Gasteiger charge is 2.19. The Labute approximate surface area is 149 Å². The molecule has 1 unspecified atom stereocenters. The van der Waals surface area contributed by atoms with Gasteiger partial charge in [-0.05, 0) is 50.5 Å². The van der Waals surface area contributed by atoms with E-state index in [9.17, 15) is 14.4 Å². The number of likely N-dealkylation sites (tertiary alicyclic amines) is 1. The lowest BCUT2D eigenvalue weighted by molar-refractivity contribution is -0.134. The Hall–Kier alpha value is -2.37. The third kappa shape index (κ3) is 5.89. The molecule has 1 aromatic carbocycles. The molecule has 1 aliphatic heterocycles. The molecule has 0 radical (unpaired) electrons. The zero-order chi connectivity index (χ0) is 18.2. The smallest absolute Gasteiger partial charge is 0.251 e. The van der Waals surface area contributed by atoms with E-state index in [4.69, 9.17) is 0 Å². The van der Waals surface area contributed by atoms with Gasteiger partial charge in [0.2, 0.25) is 11.8 Å². The average Bonchev–Trinajstić information content (AvgIpc) is 2.80. The summed E-state index contributed by atoms with van der Waals surface area (Å²) in [7, 11) is 0. The Morgan fingerprint density at radius 1 is 1.16 bits per heavy atom. The minimum absolute atomic E-state index is 0.0460. The van der Waals surface area contributed by atoms with Crippen LogP contribution in [0.2, 0.25) is 0 Å². The Morgan fingerprint density at radius 2 is 1.88 bits per heavy atom. The Balaban J connectivity index is 1.88. The molecule has 6 heteroatoms. The van der Waals surface area contributed by atoms with Crippen molar-refractivity contribution in [3.63, 3.8) is 0 Å². The van der Waals surface area contributed by atoms with Gasteiger partial charge in [0.25, 0.3) is 5.91 Å². The summed E-state index contributed by atoms with van der Waals surface area (Å²) in [4.78, 5) is 37.8. The van der Waals surface area contributed by atoms with E-state index in [1.165, 1.54) is 0 Å². The summed E-state index contributed by atoms with van der Waals surface area (Å²) in [5.41, 5.74) is 1.17. The molecule has 0 aromatic heterocycles. The van der Waals surface area contributed by atoms with Crippen molar-refractivity contribution in [2.75, 3.05) is 18.4 Å². The molecule has 6 nitrogen and oxygen atoms in total. The number of hydrogen-bond acceptors (Lipinski definition) is 3. The van der Waals surface area contributed by atoms with Crippen LogP contribution in [-0.2, 0) is 9.59 Å². The molecule has 136 valence electrons. The number of amides is 3. The lowest BCUT2D eigenvalue weighted by Gasteiger charge is -2.19. The van der Waals surface area contributed by atoms with E-state index in [2.05, 4.69) is 10.6 Å². The predicted octanol–water partition coefficient (Wildman–Crippen LogP) is 2.56. The molecule has 0 spiro atoms. The number of nitrogens with one attached hydrogen (secondary N) is 2. The third-order valence-corrected chi connectivity index (χ3v) is 4.43. The van der Waals surface area contributed by atoms with Gasteiger partial charge in [-0.3, -0.25) is 14.4 Å². The SMILES string of the molecule is CCC(C)NC(=O)c1ccc(NC(=O)CN2CCCCCC2=O)cc1. The van der Waals surface area contributed by atoms with Crippen molar-refractivity contribution in [1.82, 2.24) is 10.2 Å². The number of nitrogens with zero attached hydrogens (tertiary/aromatic N) is 1.